The molecule has 1 unspecified atom stereocenters. The summed E-state index contributed by atoms with van der Waals surface area (Å²) in [6, 6.07) is 0.482. The van der Waals surface area contributed by atoms with E-state index in [1.54, 1.807) is 6.08 Å². The van der Waals surface area contributed by atoms with Gasteiger partial charge in [0.05, 0.1) is 5.75 Å². The van der Waals surface area contributed by atoms with E-state index >= 15 is 0 Å². The first kappa shape index (κ1) is 8.22. The summed E-state index contributed by atoms with van der Waals surface area (Å²) in [5.74, 6) is 0.226. The topological polar surface area (TPSA) is 58.2 Å². The van der Waals surface area contributed by atoms with E-state index in [1.165, 1.54) is 5.41 Å². The third kappa shape index (κ3) is 1.68. The van der Waals surface area contributed by atoms with E-state index in [0.29, 0.717) is 6.04 Å². The largest absolute Gasteiger partial charge is 0.314 e. The molecule has 0 amide bonds. The number of sulfone groups is 1. The maximum Gasteiger partial charge on any atom is 0.173 e. The van der Waals surface area contributed by atoms with Crippen molar-refractivity contribution >= 4 is 9.84 Å². The quantitative estimate of drug-likeness (QED) is 0.575. The molecule has 4 nitrogen and oxygen atoms in total. The summed E-state index contributed by atoms with van der Waals surface area (Å²) >= 11 is 0. The van der Waals surface area contributed by atoms with Crippen LogP contribution in [0.15, 0.2) is 11.5 Å². The first-order chi connectivity index (χ1) is 5.66. The molecule has 0 aromatic heterocycles. The summed E-state index contributed by atoms with van der Waals surface area (Å²) in [6.07, 6.45) is 1.73. The smallest absolute Gasteiger partial charge is 0.173 e. The lowest BCUT2D eigenvalue weighted by Crippen LogP contribution is -2.58. The van der Waals surface area contributed by atoms with Crippen molar-refractivity contribution in [3.05, 3.63) is 11.5 Å². The fourth-order valence-electron chi connectivity index (χ4n) is 1.39. The minimum atomic E-state index is -2.89. The molecule has 2 rings (SSSR count). The Kier molecular flexibility index (Phi) is 1.94. The lowest BCUT2D eigenvalue weighted by Gasteiger charge is -2.30. The van der Waals surface area contributed by atoms with Gasteiger partial charge in [-0.05, 0) is 0 Å². The van der Waals surface area contributed by atoms with Crippen LogP contribution in [0, 0.1) is 0 Å². The second-order valence-corrected chi connectivity index (χ2v) is 5.22. The van der Waals surface area contributed by atoms with Crippen molar-refractivity contribution in [1.29, 1.82) is 0 Å². The van der Waals surface area contributed by atoms with Crippen molar-refractivity contribution in [2.24, 2.45) is 0 Å². The number of nitrogens with one attached hydrogen (secondary N) is 2. The third-order valence-corrected chi connectivity index (χ3v) is 3.56. The molecule has 1 saturated heterocycles. The van der Waals surface area contributed by atoms with Crippen LogP contribution in [-0.2, 0) is 9.84 Å². The van der Waals surface area contributed by atoms with Gasteiger partial charge in [-0.1, -0.05) is 6.08 Å². The van der Waals surface area contributed by atoms with Gasteiger partial charge in [0.25, 0.3) is 0 Å². The van der Waals surface area contributed by atoms with Crippen molar-refractivity contribution in [2.75, 3.05) is 18.8 Å². The molecule has 0 spiro atoms. The fraction of sp³-hybridized carbons (Fsp3) is 0.714. The Morgan fingerprint density at radius 2 is 2.17 bits per heavy atom. The highest BCUT2D eigenvalue weighted by Gasteiger charge is 2.25. The van der Waals surface area contributed by atoms with Crippen LogP contribution in [0.2, 0.25) is 0 Å². The van der Waals surface area contributed by atoms with E-state index in [9.17, 15) is 8.42 Å². The van der Waals surface area contributed by atoms with Gasteiger partial charge in [0.1, 0.15) is 0 Å². The normalized spacial score (nSPS) is 33.5. The summed E-state index contributed by atoms with van der Waals surface area (Å²) in [5, 5.41) is 7.66. The van der Waals surface area contributed by atoms with Crippen LogP contribution >= 0.6 is 0 Å². The molecule has 2 aliphatic heterocycles. The molecule has 0 saturated carbocycles. The lowest BCUT2D eigenvalue weighted by molar-refractivity contribution is 0.355. The third-order valence-electron chi connectivity index (χ3n) is 2.16. The maximum atomic E-state index is 11.0. The van der Waals surface area contributed by atoms with Gasteiger partial charge in [-0.15, -0.1) is 0 Å². The second kappa shape index (κ2) is 2.83. The van der Waals surface area contributed by atoms with Gasteiger partial charge in [0.15, 0.2) is 9.84 Å². The van der Waals surface area contributed by atoms with E-state index in [4.69, 9.17) is 0 Å². The first-order valence-electron chi connectivity index (χ1n) is 4.03. The van der Waals surface area contributed by atoms with E-state index in [-0.39, 0.29) is 11.8 Å². The number of hydrogen-bond donors (Lipinski definition) is 2. The van der Waals surface area contributed by atoms with Gasteiger partial charge in [-0.25, -0.2) is 8.42 Å². The molecule has 1 atom stereocenters. The number of rotatable bonds is 2. The van der Waals surface area contributed by atoms with Crippen molar-refractivity contribution in [3.63, 3.8) is 0 Å². The first-order valence-corrected chi connectivity index (χ1v) is 5.75. The predicted molar refractivity (Wildman–Crippen MR) is 46.5 cm³/mol. The molecule has 0 aliphatic carbocycles. The highest BCUT2D eigenvalue weighted by molar-refractivity contribution is 7.94. The van der Waals surface area contributed by atoms with Gasteiger partial charge in [-0.3, -0.25) is 0 Å². The minimum absolute atomic E-state index is 0.0297. The Hall–Kier alpha value is -0.390. The van der Waals surface area contributed by atoms with Crippen LogP contribution in [-0.4, -0.2) is 39.3 Å². The summed E-state index contributed by atoms with van der Waals surface area (Å²) in [7, 11) is -2.89. The average Bonchev–Trinajstić information content (AvgIpc) is 2.21. The van der Waals surface area contributed by atoms with Crippen molar-refractivity contribution in [2.45, 2.75) is 12.1 Å². The Balaban J connectivity index is 1.88. The Labute approximate surface area is 72.0 Å². The highest BCUT2D eigenvalue weighted by Crippen LogP contribution is 2.09. The molecule has 2 N–H and O–H groups in total. The minimum Gasteiger partial charge on any atom is -0.314 e. The zero-order valence-corrected chi connectivity index (χ0v) is 7.47. The van der Waals surface area contributed by atoms with Crippen molar-refractivity contribution in [1.82, 2.24) is 10.6 Å². The van der Waals surface area contributed by atoms with Crippen molar-refractivity contribution < 1.29 is 8.42 Å². The van der Waals surface area contributed by atoms with Crippen molar-refractivity contribution in [3.8, 4) is 0 Å². The van der Waals surface area contributed by atoms with Crippen LogP contribution in [0.4, 0.5) is 0 Å². The highest BCUT2D eigenvalue weighted by atomic mass is 32.2. The molecule has 2 heterocycles. The molecule has 0 bridgehead atoms. The summed E-state index contributed by atoms with van der Waals surface area (Å²) in [4.78, 5) is 0. The summed E-state index contributed by atoms with van der Waals surface area (Å²) in [6.45, 7) is 1.90. The average molecular weight is 188 g/mol. The van der Waals surface area contributed by atoms with Gasteiger partial charge >= 0.3 is 0 Å². The molecule has 1 fully saturated rings. The molecule has 68 valence electrons. The molecular formula is C7H12N2O2S. The van der Waals surface area contributed by atoms with E-state index in [0.717, 1.165) is 13.1 Å². The predicted octanol–water partition coefficient (Wildman–Crippen LogP) is -1.14. The Bertz CT molecular complexity index is 293. The molecular weight excluding hydrogens is 176 g/mol. The summed E-state index contributed by atoms with van der Waals surface area (Å²) < 4.78 is 22.0. The van der Waals surface area contributed by atoms with Gasteiger partial charge in [-0.2, -0.15) is 0 Å². The molecule has 0 radical (unpaired) electrons. The summed E-state index contributed by atoms with van der Waals surface area (Å²) in [5.41, 5.74) is 0. The zero-order chi connectivity index (χ0) is 8.60. The zero-order valence-electron chi connectivity index (χ0n) is 6.66. The lowest BCUT2D eigenvalue weighted by atomic mass is 10.1. The van der Waals surface area contributed by atoms with Crippen LogP contribution in [0.1, 0.15) is 0 Å². The molecule has 12 heavy (non-hydrogen) atoms. The van der Waals surface area contributed by atoms with Crippen LogP contribution in [0.5, 0.6) is 0 Å². The standard InChI is InChI=1S/C7H12N2O2S/c10-12(11)2-1-6(5-12)9-7-3-8-4-7/h1-2,6-9H,3-5H2. The SMILES string of the molecule is O=S1(=O)C=CC(NC2CNC2)C1. The molecule has 5 heteroatoms. The monoisotopic (exact) mass is 188 g/mol. The van der Waals surface area contributed by atoms with E-state index in [2.05, 4.69) is 10.6 Å². The van der Waals surface area contributed by atoms with Crippen LogP contribution < -0.4 is 10.6 Å². The number of hydrogen-bond acceptors (Lipinski definition) is 4. The fourth-order valence-corrected chi connectivity index (χ4v) is 2.64. The van der Waals surface area contributed by atoms with Crippen LogP contribution in [0.3, 0.4) is 0 Å². The molecule has 2 aliphatic rings. The van der Waals surface area contributed by atoms with Gasteiger partial charge in [0, 0.05) is 30.6 Å². The maximum absolute atomic E-state index is 11.0. The Morgan fingerprint density at radius 1 is 1.42 bits per heavy atom. The van der Waals surface area contributed by atoms with Crippen LogP contribution in [0.25, 0.3) is 0 Å². The second-order valence-electron chi connectivity index (χ2n) is 3.29. The Morgan fingerprint density at radius 3 is 2.58 bits per heavy atom. The molecule has 0 aromatic carbocycles. The van der Waals surface area contributed by atoms with E-state index in [1.807, 2.05) is 0 Å². The van der Waals surface area contributed by atoms with E-state index < -0.39 is 9.84 Å². The van der Waals surface area contributed by atoms with Gasteiger partial charge < -0.3 is 10.6 Å². The molecule has 0 aromatic rings. The van der Waals surface area contributed by atoms with Gasteiger partial charge in [0.2, 0.25) is 0 Å².